The first-order valence-electron chi connectivity index (χ1n) is 5.99. The summed E-state index contributed by atoms with van der Waals surface area (Å²) >= 11 is 0. The second-order valence-corrected chi connectivity index (χ2v) is 6.18. The van der Waals surface area contributed by atoms with Gasteiger partial charge in [0.15, 0.2) is 0 Å². The van der Waals surface area contributed by atoms with Crippen LogP contribution in [0.2, 0.25) is 0 Å². The monoisotopic (exact) mass is 262 g/mol. The third-order valence-corrected chi connectivity index (χ3v) is 4.24. The van der Waals surface area contributed by atoms with E-state index in [9.17, 15) is 9.00 Å². The Kier molecular flexibility index (Phi) is 6.69. The molecule has 2 N–H and O–H groups in total. The predicted molar refractivity (Wildman–Crippen MR) is 68.4 cm³/mol. The summed E-state index contributed by atoms with van der Waals surface area (Å²) in [6.07, 6.45) is 2.89. The third kappa shape index (κ3) is 6.14. The molecule has 1 fully saturated rings. The Morgan fingerprint density at radius 2 is 2.41 bits per heavy atom. The molecule has 1 heterocycles. The van der Waals surface area contributed by atoms with E-state index in [1.165, 1.54) is 0 Å². The molecule has 1 saturated heterocycles. The number of nitrogens with one attached hydrogen (secondary N) is 2. The second kappa shape index (κ2) is 7.79. The molecule has 0 saturated carbocycles. The summed E-state index contributed by atoms with van der Waals surface area (Å²) in [5.74, 6) is 0.0297. The summed E-state index contributed by atoms with van der Waals surface area (Å²) in [7, 11) is -0.815. The van der Waals surface area contributed by atoms with Gasteiger partial charge in [-0.1, -0.05) is 6.92 Å². The molecule has 0 radical (unpaired) electrons. The Morgan fingerprint density at radius 3 is 3.00 bits per heavy atom. The molecule has 0 bridgehead atoms. The van der Waals surface area contributed by atoms with Crippen molar-refractivity contribution in [2.45, 2.75) is 31.1 Å². The summed E-state index contributed by atoms with van der Waals surface area (Å²) in [5, 5.41) is 6.21. The Balaban J connectivity index is 2.10. The molecule has 0 aromatic rings. The maximum absolute atomic E-state index is 11.6. The molecule has 1 aliphatic heterocycles. The van der Waals surface area contributed by atoms with Crippen LogP contribution in [0, 0.1) is 0 Å². The second-order valence-electron chi connectivity index (χ2n) is 4.38. The first-order valence-corrected chi connectivity index (χ1v) is 7.61. The van der Waals surface area contributed by atoms with E-state index in [1.54, 1.807) is 6.26 Å². The SMILES string of the molecule is CC(CCNC(=O)CC1COCCN1)S(C)=O. The minimum absolute atomic E-state index is 0.0297. The minimum atomic E-state index is -0.815. The van der Waals surface area contributed by atoms with Crippen molar-refractivity contribution in [3.8, 4) is 0 Å². The van der Waals surface area contributed by atoms with Gasteiger partial charge >= 0.3 is 0 Å². The number of hydrogen-bond acceptors (Lipinski definition) is 4. The molecule has 0 aromatic carbocycles. The summed E-state index contributed by atoms with van der Waals surface area (Å²) in [6, 6.07) is 0.126. The van der Waals surface area contributed by atoms with Crippen LogP contribution in [-0.4, -0.2) is 54.0 Å². The fraction of sp³-hybridized carbons (Fsp3) is 0.909. The number of ether oxygens (including phenoxy) is 1. The van der Waals surface area contributed by atoms with Crippen molar-refractivity contribution in [1.29, 1.82) is 0 Å². The van der Waals surface area contributed by atoms with E-state index in [0.717, 1.165) is 19.6 Å². The van der Waals surface area contributed by atoms with Gasteiger partial charge in [0.1, 0.15) is 0 Å². The molecule has 3 atom stereocenters. The number of carbonyl (C=O) groups excluding carboxylic acids is 1. The zero-order valence-corrected chi connectivity index (χ0v) is 11.3. The highest BCUT2D eigenvalue weighted by Crippen LogP contribution is 2.00. The van der Waals surface area contributed by atoms with Crippen LogP contribution in [-0.2, 0) is 20.3 Å². The van der Waals surface area contributed by atoms with E-state index in [2.05, 4.69) is 10.6 Å². The van der Waals surface area contributed by atoms with Crippen LogP contribution < -0.4 is 10.6 Å². The van der Waals surface area contributed by atoms with Crippen LogP contribution in [0.3, 0.4) is 0 Å². The lowest BCUT2D eigenvalue weighted by Crippen LogP contribution is -2.44. The highest BCUT2D eigenvalue weighted by atomic mass is 32.2. The van der Waals surface area contributed by atoms with E-state index < -0.39 is 10.8 Å². The fourth-order valence-electron chi connectivity index (χ4n) is 1.63. The Hall–Kier alpha value is -0.460. The van der Waals surface area contributed by atoms with Gasteiger partial charge in [0.2, 0.25) is 5.91 Å². The number of amides is 1. The van der Waals surface area contributed by atoms with Crippen LogP contribution in [0.15, 0.2) is 0 Å². The maximum Gasteiger partial charge on any atom is 0.221 e. The van der Waals surface area contributed by atoms with E-state index in [1.807, 2.05) is 6.92 Å². The lowest BCUT2D eigenvalue weighted by atomic mass is 10.2. The molecular weight excluding hydrogens is 240 g/mol. The maximum atomic E-state index is 11.6. The Labute approximate surface area is 105 Å². The van der Waals surface area contributed by atoms with Gasteiger partial charge in [-0.3, -0.25) is 9.00 Å². The van der Waals surface area contributed by atoms with E-state index in [4.69, 9.17) is 4.74 Å². The van der Waals surface area contributed by atoms with Gasteiger partial charge < -0.3 is 15.4 Å². The normalized spacial score (nSPS) is 24.0. The van der Waals surface area contributed by atoms with Crippen LogP contribution in [0.1, 0.15) is 19.8 Å². The molecule has 0 aliphatic carbocycles. The van der Waals surface area contributed by atoms with E-state index >= 15 is 0 Å². The van der Waals surface area contributed by atoms with E-state index in [-0.39, 0.29) is 17.2 Å². The topological polar surface area (TPSA) is 67.4 Å². The lowest BCUT2D eigenvalue weighted by molar-refractivity contribution is -0.122. The summed E-state index contributed by atoms with van der Waals surface area (Å²) in [6.45, 7) is 4.65. The zero-order valence-electron chi connectivity index (χ0n) is 10.5. The molecular formula is C11H22N2O3S. The van der Waals surface area contributed by atoms with Crippen molar-refractivity contribution >= 4 is 16.7 Å². The molecule has 6 heteroatoms. The van der Waals surface area contributed by atoms with Crippen LogP contribution in [0.25, 0.3) is 0 Å². The van der Waals surface area contributed by atoms with Gasteiger partial charge in [0, 0.05) is 47.9 Å². The molecule has 5 nitrogen and oxygen atoms in total. The molecule has 1 aliphatic rings. The number of hydrogen-bond donors (Lipinski definition) is 2. The third-order valence-electron chi connectivity index (χ3n) is 2.87. The fourth-order valence-corrected chi connectivity index (χ4v) is 2.08. The quantitative estimate of drug-likeness (QED) is 0.686. The largest absolute Gasteiger partial charge is 0.378 e. The van der Waals surface area contributed by atoms with Crippen LogP contribution >= 0.6 is 0 Å². The van der Waals surface area contributed by atoms with Gasteiger partial charge in [-0.2, -0.15) is 0 Å². The Morgan fingerprint density at radius 1 is 1.65 bits per heavy atom. The molecule has 1 amide bonds. The van der Waals surface area contributed by atoms with Gasteiger partial charge in [-0.05, 0) is 6.42 Å². The molecule has 1 rings (SSSR count). The average molecular weight is 262 g/mol. The number of rotatable bonds is 6. The standard InChI is InChI=1S/C11H22N2O3S/c1-9(17(2)15)3-4-13-11(14)7-10-8-16-6-5-12-10/h9-10,12H,3-8H2,1-2H3,(H,13,14). The minimum Gasteiger partial charge on any atom is -0.378 e. The highest BCUT2D eigenvalue weighted by Gasteiger charge is 2.16. The first kappa shape index (κ1) is 14.6. The average Bonchev–Trinajstić information content (AvgIpc) is 2.30. The van der Waals surface area contributed by atoms with Crippen LogP contribution in [0.4, 0.5) is 0 Å². The Bertz CT molecular complexity index is 267. The van der Waals surface area contributed by atoms with Gasteiger partial charge in [-0.25, -0.2) is 0 Å². The predicted octanol–water partition coefficient (Wildman–Crippen LogP) is -0.362. The van der Waals surface area contributed by atoms with Gasteiger partial charge in [0.05, 0.1) is 13.2 Å². The van der Waals surface area contributed by atoms with Gasteiger partial charge in [0.25, 0.3) is 0 Å². The molecule has 3 unspecified atom stereocenters. The van der Waals surface area contributed by atoms with Crippen molar-refractivity contribution in [2.24, 2.45) is 0 Å². The zero-order chi connectivity index (χ0) is 12.7. The van der Waals surface area contributed by atoms with Crippen molar-refractivity contribution in [1.82, 2.24) is 10.6 Å². The molecule has 0 aromatic heterocycles. The summed E-state index contributed by atoms with van der Waals surface area (Å²) < 4.78 is 16.4. The van der Waals surface area contributed by atoms with Crippen molar-refractivity contribution in [2.75, 3.05) is 32.6 Å². The lowest BCUT2D eigenvalue weighted by Gasteiger charge is -2.23. The number of carbonyl (C=O) groups is 1. The van der Waals surface area contributed by atoms with Crippen molar-refractivity contribution < 1.29 is 13.7 Å². The van der Waals surface area contributed by atoms with Crippen LogP contribution in [0.5, 0.6) is 0 Å². The summed E-state index contributed by atoms with van der Waals surface area (Å²) in [5.41, 5.74) is 0. The number of morpholine rings is 1. The first-order chi connectivity index (χ1) is 8.09. The van der Waals surface area contributed by atoms with E-state index in [0.29, 0.717) is 19.6 Å². The van der Waals surface area contributed by atoms with Gasteiger partial charge in [-0.15, -0.1) is 0 Å². The smallest absolute Gasteiger partial charge is 0.221 e. The molecule has 100 valence electrons. The molecule has 0 spiro atoms. The van der Waals surface area contributed by atoms with Crippen molar-refractivity contribution in [3.05, 3.63) is 0 Å². The molecule has 17 heavy (non-hydrogen) atoms. The summed E-state index contributed by atoms with van der Waals surface area (Å²) in [4.78, 5) is 11.6. The van der Waals surface area contributed by atoms with Crippen molar-refractivity contribution in [3.63, 3.8) is 0 Å². The highest BCUT2D eigenvalue weighted by molar-refractivity contribution is 7.84.